The number of hydrogen-bond donors (Lipinski definition) is 0. The zero-order valence-electron chi connectivity index (χ0n) is 10.2. The third-order valence-corrected chi connectivity index (χ3v) is 3.93. The fourth-order valence-electron chi connectivity index (χ4n) is 1.60. The Morgan fingerprint density at radius 3 is 2.10 bits per heavy atom. The van der Waals surface area contributed by atoms with Crippen LogP contribution in [-0.2, 0) is 14.3 Å². The number of carbonyl (C=O) groups excluding carboxylic acids is 1. The first-order valence-corrected chi connectivity index (χ1v) is 7.01. The van der Waals surface area contributed by atoms with Crippen molar-refractivity contribution in [2.75, 3.05) is 0 Å². The van der Waals surface area contributed by atoms with E-state index in [1.807, 2.05) is 0 Å². The van der Waals surface area contributed by atoms with E-state index in [0.717, 1.165) is 0 Å². The molecule has 0 fully saturated rings. The van der Waals surface area contributed by atoms with Gasteiger partial charge in [-0.3, -0.25) is 0 Å². The van der Waals surface area contributed by atoms with E-state index < -0.39 is 16.1 Å². The average Bonchev–Trinajstić information content (AvgIpc) is 2.39. The molecule has 100 valence electrons. The van der Waals surface area contributed by atoms with Gasteiger partial charge in [-0.1, -0.05) is 36.4 Å². The first-order chi connectivity index (χ1) is 9.00. The van der Waals surface area contributed by atoms with Crippen molar-refractivity contribution in [3.05, 3.63) is 65.7 Å². The zero-order valence-corrected chi connectivity index (χ0v) is 11.1. The quantitative estimate of drug-likeness (QED) is 0.641. The van der Waals surface area contributed by atoms with E-state index in [2.05, 4.69) is 4.18 Å². The first kappa shape index (κ1) is 16.9. The molecule has 0 aliphatic heterocycles. The Balaban J connectivity index is 0.00000200. The molecule has 2 rings (SSSR count). The average molecular weight is 300 g/mol. The van der Waals surface area contributed by atoms with E-state index in [0.29, 0.717) is 5.56 Å². The van der Waals surface area contributed by atoms with Gasteiger partial charge in [0.1, 0.15) is 4.90 Å². The molecule has 0 heterocycles. The van der Waals surface area contributed by atoms with Crippen LogP contribution in [0.15, 0.2) is 59.5 Å². The van der Waals surface area contributed by atoms with E-state index in [1.54, 1.807) is 43.3 Å². The van der Waals surface area contributed by atoms with Gasteiger partial charge < -0.3 is 4.18 Å². The molecular formula is C14H13NaO4S. The fraction of sp³-hybridized carbons (Fsp3) is 0.0714. The normalized spacial score (nSPS) is 10.4. The Morgan fingerprint density at radius 2 is 1.50 bits per heavy atom. The van der Waals surface area contributed by atoms with Crippen LogP contribution in [-0.4, -0.2) is 43.9 Å². The van der Waals surface area contributed by atoms with Gasteiger partial charge in [-0.15, -0.1) is 0 Å². The predicted molar refractivity (Wildman–Crippen MR) is 77.4 cm³/mol. The third-order valence-electron chi connectivity index (χ3n) is 2.56. The zero-order chi connectivity index (χ0) is 13.9. The summed E-state index contributed by atoms with van der Waals surface area (Å²) in [5.74, 6) is -0.885. The molecule has 0 spiro atoms. The summed E-state index contributed by atoms with van der Waals surface area (Å²) < 4.78 is 28.6. The van der Waals surface area contributed by atoms with Crippen molar-refractivity contribution in [2.24, 2.45) is 0 Å². The molecule has 4 nitrogen and oxygen atoms in total. The van der Waals surface area contributed by atoms with Crippen LogP contribution < -0.4 is 0 Å². The van der Waals surface area contributed by atoms with Crippen molar-refractivity contribution in [1.82, 2.24) is 0 Å². The third kappa shape index (κ3) is 3.93. The van der Waals surface area contributed by atoms with Gasteiger partial charge in [-0.05, 0) is 30.7 Å². The number of carbonyl (C=O) groups is 1. The molecule has 0 saturated carbocycles. The maximum absolute atomic E-state index is 12.0. The Hall–Kier alpha value is -1.14. The Kier molecular flexibility index (Phi) is 5.95. The molecule has 0 aromatic heterocycles. The SMILES string of the molecule is Cc1ccccc1S(=O)(=O)OC(=O)c1ccccc1.[NaH]. The minimum absolute atomic E-state index is 0. The summed E-state index contributed by atoms with van der Waals surface area (Å²) in [6.07, 6.45) is 0. The molecule has 0 bridgehead atoms. The van der Waals surface area contributed by atoms with E-state index in [4.69, 9.17) is 0 Å². The van der Waals surface area contributed by atoms with Crippen LogP contribution in [0.3, 0.4) is 0 Å². The molecule has 20 heavy (non-hydrogen) atoms. The fourth-order valence-corrected chi connectivity index (χ4v) is 2.70. The number of benzene rings is 2. The van der Waals surface area contributed by atoms with Crippen molar-refractivity contribution in [1.29, 1.82) is 0 Å². The molecule has 0 radical (unpaired) electrons. The van der Waals surface area contributed by atoms with Gasteiger partial charge >= 0.3 is 45.6 Å². The topological polar surface area (TPSA) is 60.4 Å². The van der Waals surface area contributed by atoms with Crippen LogP contribution in [0, 0.1) is 6.92 Å². The van der Waals surface area contributed by atoms with E-state index in [-0.39, 0.29) is 40.0 Å². The molecule has 0 unspecified atom stereocenters. The monoisotopic (exact) mass is 300 g/mol. The first-order valence-electron chi connectivity index (χ1n) is 5.60. The second-order valence-electron chi connectivity index (χ2n) is 3.96. The summed E-state index contributed by atoms with van der Waals surface area (Å²) >= 11 is 0. The Morgan fingerprint density at radius 1 is 0.950 bits per heavy atom. The molecule has 0 N–H and O–H groups in total. The van der Waals surface area contributed by atoms with E-state index in [1.165, 1.54) is 18.2 Å². The summed E-state index contributed by atoms with van der Waals surface area (Å²) in [5.41, 5.74) is 0.725. The van der Waals surface area contributed by atoms with Crippen LogP contribution in [0.5, 0.6) is 0 Å². The van der Waals surface area contributed by atoms with Gasteiger partial charge in [0.2, 0.25) is 0 Å². The molecule has 2 aromatic rings. The van der Waals surface area contributed by atoms with Crippen molar-refractivity contribution in [3.63, 3.8) is 0 Å². The van der Waals surface area contributed by atoms with Gasteiger partial charge in [0, 0.05) is 0 Å². The van der Waals surface area contributed by atoms with Crippen molar-refractivity contribution >= 4 is 45.6 Å². The van der Waals surface area contributed by atoms with Crippen LogP contribution in [0.1, 0.15) is 15.9 Å². The summed E-state index contributed by atoms with van der Waals surface area (Å²) in [6.45, 7) is 1.64. The number of rotatable bonds is 3. The molecule has 0 atom stereocenters. The van der Waals surface area contributed by atoms with Crippen molar-refractivity contribution in [3.8, 4) is 0 Å². The number of aryl methyl sites for hydroxylation is 1. The number of hydrogen-bond acceptors (Lipinski definition) is 4. The minimum atomic E-state index is -4.09. The van der Waals surface area contributed by atoms with Gasteiger partial charge in [0.15, 0.2) is 0 Å². The van der Waals surface area contributed by atoms with Gasteiger partial charge in [0.25, 0.3) is 0 Å². The molecular weight excluding hydrogens is 287 g/mol. The van der Waals surface area contributed by atoms with Crippen molar-refractivity contribution < 1.29 is 17.4 Å². The van der Waals surface area contributed by atoms with E-state index in [9.17, 15) is 13.2 Å². The molecule has 0 aliphatic carbocycles. The van der Waals surface area contributed by atoms with Crippen LogP contribution >= 0.6 is 0 Å². The van der Waals surface area contributed by atoms with E-state index >= 15 is 0 Å². The van der Waals surface area contributed by atoms with Gasteiger partial charge in [0.05, 0.1) is 5.56 Å². The van der Waals surface area contributed by atoms with Gasteiger partial charge in [-0.25, -0.2) is 4.79 Å². The Bertz CT molecular complexity index is 696. The molecule has 0 amide bonds. The summed E-state index contributed by atoms with van der Waals surface area (Å²) in [7, 11) is -4.09. The summed E-state index contributed by atoms with van der Waals surface area (Å²) in [4.78, 5) is 11.7. The predicted octanol–water partition coefficient (Wildman–Crippen LogP) is 1.89. The van der Waals surface area contributed by atoms with Crippen LogP contribution in [0.2, 0.25) is 0 Å². The Labute approximate surface area is 140 Å². The van der Waals surface area contributed by atoms with Crippen LogP contribution in [0.25, 0.3) is 0 Å². The maximum atomic E-state index is 12.0. The second kappa shape index (κ2) is 7.04. The standard InChI is InChI=1S/C14H12O4S.Na.H/c1-11-7-5-6-10-13(11)19(16,17)18-14(15)12-8-3-2-4-9-12;;/h2-10H,1H3;;. The molecule has 2 aromatic carbocycles. The van der Waals surface area contributed by atoms with Crippen LogP contribution in [0.4, 0.5) is 0 Å². The summed E-state index contributed by atoms with van der Waals surface area (Å²) in [5, 5.41) is 0. The van der Waals surface area contributed by atoms with Crippen molar-refractivity contribution in [2.45, 2.75) is 11.8 Å². The molecule has 6 heteroatoms. The van der Waals surface area contributed by atoms with Gasteiger partial charge in [-0.2, -0.15) is 8.42 Å². The molecule has 0 saturated heterocycles. The summed E-state index contributed by atoms with van der Waals surface area (Å²) in [6, 6.07) is 14.3. The second-order valence-corrected chi connectivity index (χ2v) is 5.47. The molecule has 0 aliphatic rings.